The minimum atomic E-state index is -3.15. The van der Waals surface area contributed by atoms with Crippen molar-refractivity contribution < 1.29 is 17.9 Å². The maximum atomic E-state index is 13.2. The minimum absolute atomic E-state index is 0.0456. The van der Waals surface area contributed by atoms with Crippen molar-refractivity contribution in [3.05, 3.63) is 41.0 Å². The van der Waals surface area contributed by atoms with E-state index in [0.29, 0.717) is 24.4 Å². The highest BCUT2D eigenvalue weighted by molar-refractivity contribution is 7.91. The number of hydrogen-bond acceptors (Lipinski definition) is 5. The molecule has 2 heterocycles. The summed E-state index contributed by atoms with van der Waals surface area (Å²) in [5, 5.41) is 0. The van der Waals surface area contributed by atoms with Crippen LogP contribution in [-0.4, -0.2) is 74.5 Å². The molecule has 0 N–H and O–H groups in total. The van der Waals surface area contributed by atoms with Crippen LogP contribution in [-0.2, 0) is 9.84 Å². The molecule has 2 aliphatic rings. The van der Waals surface area contributed by atoms with Crippen molar-refractivity contribution >= 4 is 15.7 Å². The van der Waals surface area contributed by atoms with Crippen LogP contribution >= 0.6 is 0 Å². The summed E-state index contributed by atoms with van der Waals surface area (Å²) in [6.45, 7) is 7.90. The Labute approximate surface area is 161 Å². The molecule has 1 amide bonds. The van der Waals surface area contributed by atoms with E-state index < -0.39 is 9.84 Å². The molecule has 2 aliphatic heterocycles. The van der Waals surface area contributed by atoms with Gasteiger partial charge in [-0.3, -0.25) is 9.69 Å². The Hall–Kier alpha value is -1.86. The number of benzene rings is 1. The Morgan fingerprint density at radius 3 is 2.56 bits per heavy atom. The molecular weight excluding hydrogens is 364 g/mol. The average molecular weight is 393 g/mol. The maximum absolute atomic E-state index is 13.2. The van der Waals surface area contributed by atoms with Crippen molar-refractivity contribution in [1.29, 1.82) is 0 Å². The highest BCUT2D eigenvalue weighted by atomic mass is 32.2. The van der Waals surface area contributed by atoms with Gasteiger partial charge in [0.25, 0.3) is 5.91 Å². The van der Waals surface area contributed by atoms with Gasteiger partial charge < -0.3 is 9.64 Å². The van der Waals surface area contributed by atoms with E-state index in [9.17, 15) is 13.2 Å². The number of carbonyl (C=O) groups is 1. The highest BCUT2D eigenvalue weighted by Gasteiger charge is 2.47. The summed E-state index contributed by atoms with van der Waals surface area (Å²) in [7, 11) is -1.55. The van der Waals surface area contributed by atoms with Gasteiger partial charge in [-0.15, -0.1) is 0 Å². The lowest BCUT2D eigenvalue weighted by atomic mass is 10.0. The lowest BCUT2D eigenvalue weighted by molar-refractivity contribution is 0.0367. The predicted octanol–water partition coefficient (Wildman–Crippen LogP) is 1.89. The Morgan fingerprint density at radius 2 is 1.93 bits per heavy atom. The number of methoxy groups -OCH3 is 1. The van der Waals surface area contributed by atoms with Gasteiger partial charge in [-0.05, 0) is 44.5 Å². The molecule has 0 spiro atoms. The normalized spacial score (nSPS) is 24.4. The number of sulfone groups is 1. The third kappa shape index (κ3) is 4.19. The van der Waals surface area contributed by atoms with Crippen LogP contribution < -0.4 is 4.74 Å². The van der Waals surface area contributed by atoms with Gasteiger partial charge in [0, 0.05) is 31.2 Å². The summed E-state index contributed by atoms with van der Waals surface area (Å²) < 4.78 is 29.9. The van der Waals surface area contributed by atoms with Gasteiger partial charge in [-0.1, -0.05) is 11.6 Å². The molecule has 0 saturated carbocycles. The molecule has 0 radical (unpaired) electrons. The second-order valence-corrected chi connectivity index (χ2v) is 9.82. The number of rotatable bonds is 4. The number of hydrogen-bond donors (Lipinski definition) is 0. The average Bonchev–Trinajstić information content (AvgIpc) is 2.93. The van der Waals surface area contributed by atoms with E-state index in [4.69, 9.17) is 4.74 Å². The van der Waals surface area contributed by atoms with Crippen LogP contribution in [0.2, 0.25) is 0 Å². The van der Waals surface area contributed by atoms with Crippen LogP contribution in [0, 0.1) is 6.92 Å². The first kappa shape index (κ1) is 19.9. The molecule has 7 heteroatoms. The summed E-state index contributed by atoms with van der Waals surface area (Å²) in [5.41, 5.74) is 2.65. The minimum Gasteiger partial charge on any atom is -0.497 e. The standard InChI is InChI=1S/C20H28N2O4S/c1-14(2)7-8-21-9-10-22(19-13-27(24,25)12-18(19)21)20(23)17-6-5-16(26-4)11-15(17)3/h5-7,11,18-19H,8-10,12-13H2,1-4H3/t18-,19+/m0/s1. The highest BCUT2D eigenvalue weighted by Crippen LogP contribution is 2.29. The molecular formula is C20H28N2O4S. The lowest BCUT2D eigenvalue weighted by Gasteiger charge is -2.43. The van der Waals surface area contributed by atoms with Gasteiger partial charge in [0.05, 0.1) is 24.7 Å². The van der Waals surface area contributed by atoms with Gasteiger partial charge in [0.2, 0.25) is 0 Å². The molecule has 0 unspecified atom stereocenters. The first-order valence-corrected chi connectivity index (χ1v) is 11.1. The van der Waals surface area contributed by atoms with Crippen LogP contribution in [0.25, 0.3) is 0 Å². The maximum Gasteiger partial charge on any atom is 0.254 e. The van der Waals surface area contributed by atoms with Crippen LogP contribution in [0.1, 0.15) is 29.8 Å². The number of amides is 1. The van der Waals surface area contributed by atoms with Gasteiger partial charge in [-0.25, -0.2) is 8.42 Å². The molecule has 1 aromatic carbocycles. The second-order valence-electron chi connectivity index (χ2n) is 7.67. The molecule has 2 fully saturated rings. The van der Waals surface area contributed by atoms with Gasteiger partial charge in [0.15, 0.2) is 9.84 Å². The fourth-order valence-corrected chi connectivity index (χ4v) is 5.97. The third-order valence-corrected chi connectivity index (χ3v) is 7.15. The van der Waals surface area contributed by atoms with Crippen molar-refractivity contribution in [2.24, 2.45) is 0 Å². The zero-order chi connectivity index (χ0) is 19.8. The molecule has 148 valence electrons. The molecule has 6 nitrogen and oxygen atoms in total. The molecule has 2 atom stereocenters. The van der Waals surface area contributed by atoms with E-state index in [2.05, 4.69) is 11.0 Å². The largest absolute Gasteiger partial charge is 0.497 e. The molecule has 0 aliphatic carbocycles. The number of ether oxygens (including phenoxy) is 1. The Bertz CT molecular complexity index is 859. The third-order valence-electron chi connectivity index (χ3n) is 5.45. The number of carbonyl (C=O) groups excluding carboxylic acids is 1. The molecule has 0 aromatic heterocycles. The van der Waals surface area contributed by atoms with E-state index in [1.165, 1.54) is 5.57 Å². The number of aryl methyl sites for hydroxylation is 1. The zero-order valence-electron chi connectivity index (χ0n) is 16.4. The Balaban J connectivity index is 1.87. The summed E-state index contributed by atoms with van der Waals surface area (Å²) in [5.74, 6) is 0.782. The number of piperazine rings is 1. The smallest absolute Gasteiger partial charge is 0.254 e. The van der Waals surface area contributed by atoms with Crippen LogP contribution in [0.15, 0.2) is 29.8 Å². The SMILES string of the molecule is COc1ccc(C(=O)N2CCN(CC=C(C)C)[C@H]3CS(=O)(=O)C[C@H]32)c(C)c1. The molecule has 3 rings (SSSR count). The van der Waals surface area contributed by atoms with Crippen molar-refractivity contribution in [3.63, 3.8) is 0 Å². The molecule has 27 heavy (non-hydrogen) atoms. The quantitative estimate of drug-likeness (QED) is 0.732. The first-order chi connectivity index (χ1) is 12.7. The van der Waals surface area contributed by atoms with Gasteiger partial charge in [0.1, 0.15) is 5.75 Å². The van der Waals surface area contributed by atoms with Gasteiger partial charge >= 0.3 is 0 Å². The fourth-order valence-electron chi connectivity index (χ4n) is 3.96. The molecule has 1 aromatic rings. The second kappa shape index (κ2) is 7.64. The molecule has 0 bridgehead atoms. The van der Waals surface area contributed by atoms with E-state index in [1.807, 2.05) is 26.8 Å². The Kier molecular flexibility index (Phi) is 5.63. The van der Waals surface area contributed by atoms with Crippen LogP contribution in [0.3, 0.4) is 0 Å². The summed E-state index contributed by atoms with van der Waals surface area (Å²) in [6, 6.07) is 4.95. The van der Waals surface area contributed by atoms with E-state index in [0.717, 1.165) is 12.1 Å². The Morgan fingerprint density at radius 1 is 1.22 bits per heavy atom. The monoisotopic (exact) mass is 392 g/mol. The van der Waals surface area contributed by atoms with Gasteiger partial charge in [-0.2, -0.15) is 0 Å². The van der Waals surface area contributed by atoms with E-state index >= 15 is 0 Å². The topological polar surface area (TPSA) is 66.9 Å². The van der Waals surface area contributed by atoms with Crippen molar-refractivity contribution in [3.8, 4) is 5.75 Å². The van der Waals surface area contributed by atoms with Crippen molar-refractivity contribution in [2.45, 2.75) is 32.9 Å². The predicted molar refractivity (Wildman–Crippen MR) is 106 cm³/mol. The van der Waals surface area contributed by atoms with Crippen LogP contribution in [0.4, 0.5) is 0 Å². The number of allylic oxidation sites excluding steroid dienone is 1. The van der Waals surface area contributed by atoms with Crippen molar-refractivity contribution in [2.75, 3.05) is 38.2 Å². The van der Waals surface area contributed by atoms with E-state index in [-0.39, 0.29) is 29.5 Å². The lowest BCUT2D eigenvalue weighted by Crippen LogP contribution is -2.60. The molecule has 2 saturated heterocycles. The van der Waals surface area contributed by atoms with E-state index in [1.54, 1.807) is 24.1 Å². The zero-order valence-corrected chi connectivity index (χ0v) is 17.3. The fraction of sp³-hybridized carbons (Fsp3) is 0.550. The summed E-state index contributed by atoms with van der Waals surface area (Å²) in [4.78, 5) is 17.2. The summed E-state index contributed by atoms with van der Waals surface area (Å²) in [6.07, 6.45) is 2.12. The number of fused-ring (bicyclic) bond motifs is 1. The van der Waals surface area contributed by atoms with Crippen LogP contribution in [0.5, 0.6) is 5.75 Å². The summed E-state index contributed by atoms with van der Waals surface area (Å²) >= 11 is 0. The first-order valence-electron chi connectivity index (χ1n) is 9.25. The van der Waals surface area contributed by atoms with Crippen molar-refractivity contribution in [1.82, 2.24) is 9.80 Å². The number of nitrogens with zero attached hydrogens (tertiary/aromatic N) is 2.